The highest BCUT2D eigenvalue weighted by Crippen LogP contribution is 2.35. The molecule has 1 unspecified atom stereocenters. The minimum atomic E-state index is 0.112. The molecule has 1 fully saturated rings. The van der Waals surface area contributed by atoms with Crippen molar-refractivity contribution < 1.29 is 4.63 Å². The topological polar surface area (TPSA) is 85.8 Å². The summed E-state index contributed by atoms with van der Waals surface area (Å²) in [6.07, 6.45) is 5.84. The standard InChI is InChI=1S/C16H19N7O/c1-10-12(9-22(3)19-10)13-6-7-17-16(18-13)23-8-4-5-14(23)15-11(2)20-24-21-15/h6-7,9,14H,4-5,8H2,1-3H3. The van der Waals surface area contributed by atoms with Crippen LogP contribution >= 0.6 is 0 Å². The molecule has 4 rings (SSSR count). The minimum Gasteiger partial charge on any atom is -0.332 e. The largest absolute Gasteiger partial charge is 0.332 e. The number of aryl methyl sites for hydroxylation is 3. The third-order valence-electron chi connectivity index (χ3n) is 4.45. The van der Waals surface area contributed by atoms with Crippen molar-refractivity contribution in [1.82, 2.24) is 30.1 Å². The Bertz CT molecular complexity index is 869. The molecule has 4 heterocycles. The highest BCUT2D eigenvalue weighted by molar-refractivity contribution is 5.62. The van der Waals surface area contributed by atoms with Gasteiger partial charge >= 0.3 is 0 Å². The third kappa shape index (κ3) is 2.44. The molecule has 1 aliphatic heterocycles. The molecule has 0 saturated carbocycles. The fourth-order valence-corrected chi connectivity index (χ4v) is 3.32. The Kier molecular flexibility index (Phi) is 3.51. The van der Waals surface area contributed by atoms with Crippen molar-refractivity contribution in [2.75, 3.05) is 11.4 Å². The first-order chi connectivity index (χ1) is 11.6. The van der Waals surface area contributed by atoms with Crippen LogP contribution in [0.2, 0.25) is 0 Å². The van der Waals surface area contributed by atoms with Crippen LogP contribution < -0.4 is 4.90 Å². The van der Waals surface area contributed by atoms with Crippen LogP contribution in [0.25, 0.3) is 11.3 Å². The second-order valence-corrected chi connectivity index (χ2v) is 6.13. The fraction of sp³-hybridized carbons (Fsp3) is 0.438. The Hall–Kier alpha value is -2.77. The molecular formula is C16H19N7O. The van der Waals surface area contributed by atoms with Gasteiger partial charge in [-0.1, -0.05) is 10.3 Å². The zero-order chi connectivity index (χ0) is 16.7. The molecule has 24 heavy (non-hydrogen) atoms. The summed E-state index contributed by atoms with van der Waals surface area (Å²) < 4.78 is 6.68. The van der Waals surface area contributed by atoms with E-state index in [2.05, 4.69) is 25.3 Å². The van der Waals surface area contributed by atoms with Crippen LogP contribution in [0.15, 0.2) is 23.1 Å². The van der Waals surface area contributed by atoms with Gasteiger partial charge in [-0.2, -0.15) is 5.10 Å². The Morgan fingerprint density at radius 1 is 1.21 bits per heavy atom. The van der Waals surface area contributed by atoms with Crippen molar-refractivity contribution in [2.45, 2.75) is 32.7 Å². The summed E-state index contributed by atoms with van der Waals surface area (Å²) in [5, 5.41) is 12.4. The van der Waals surface area contributed by atoms with Crippen LogP contribution in [0.4, 0.5) is 5.95 Å². The summed E-state index contributed by atoms with van der Waals surface area (Å²) in [7, 11) is 1.91. The Morgan fingerprint density at radius 3 is 2.79 bits per heavy atom. The second kappa shape index (κ2) is 5.70. The maximum atomic E-state index is 4.87. The third-order valence-corrected chi connectivity index (χ3v) is 4.45. The first-order valence-electron chi connectivity index (χ1n) is 8.03. The zero-order valence-electron chi connectivity index (χ0n) is 14.0. The summed E-state index contributed by atoms with van der Waals surface area (Å²) in [5.41, 5.74) is 4.56. The van der Waals surface area contributed by atoms with Crippen molar-refractivity contribution in [1.29, 1.82) is 0 Å². The van der Waals surface area contributed by atoms with Gasteiger partial charge in [0.15, 0.2) is 0 Å². The number of hydrogen-bond acceptors (Lipinski definition) is 7. The lowest BCUT2D eigenvalue weighted by molar-refractivity contribution is 0.299. The Labute approximate surface area is 139 Å². The smallest absolute Gasteiger partial charge is 0.226 e. The first-order valence-corrected chi connectivity index (χ1v) is 8.03. The van der Waals surface area contributed by atoms with Crippen molar-refractivity contribution in [3.05, 3.63) is 35.5 Å². The quantitative estimate of drug-likeness (QED) is 0.729. The van der Waals surface area contributed by atoms with Crippen LogP contribution in [-0.2, 0) is 7.05 Å². The van der Waals surface area contributed by atoms with E-state index in [0.717, 1.165) is 47.7 Å². The van der Waals surface area contributed by atoms with Gasteiger partial charge in [0, 0.05) is 31.5 Å². The average Bonchev–Trinajstić information content (AvgIpc) is 3.27. The van der Waals surface area contributed by atoms with E-state index in [0.29, 0.717) is 5.95 Å². The highest BCUT2D eigenvalue weighted by atomic mass is 16.6. The normalized spacial score (nSPS) is 17.6. The van der Waals surface area contributed by atoms with Gasteiger partial charge in [0.2, 0.25) is 5.95 Å². The number of anilines is 1. The van der Waals surface area contributed by atoms with Gasteiger partial charge in [-0.25, -0.2) is 14.6 Å². The van der Waals surface area contributed by atoms with Gasteiger partial charge in [-0.15, -0.1) is 0 Å². The molecule has 0 N–H and O–H groups in total. The van der Waals surface area contributed by atoms with Gasteiger partial charge in [0.05, 0.1) is 17.4 Å². The molecule has 8 nitrogen and oxygen atoms in total. The Balaban J connectivity index is 1.70. The fourth-order valence-electron chi connectivity index (χ4n) is 3.32. The summed E-state index contributed by atoms with van der Waals surface area (Å²) in [5.74, 6) is 0.709. The van der Waals surface area contributed by atoms with Crippen LogP contribution in [0.1, 0.15) is 36.0 Å². The van der Waals surface area contributed by atoms with Crippen LogP contribution in [0.5, 0.6) is 0 Å². The van der Waals surface area contributed by atoms with Crippen molar-refractivity contribution in [3.63, 3.8) is 0 Å². The van der Waals surface area contributed by atoms with Gasteiger partial charge < -0.3 is 4.90 Å². The molecule has 0 amide bonds. The number of aromatic nitrogens is 6. The van der Waals surface area contributed by atoms with Gasteiger partial charge in [-0.3, -0.25) is 4.68 Å². The summed E-state index contributed by atoms with van der Waals surface area (Å²) in [6, 6.07) is 2.03. The average molecular weight is 325 g/mol. The molecule has 3 aromatic heterocycles. The van der Waals surface area contributed by atoms with E-state index in [1.54, 1.807) is 10.9 Å². The van der Waals surface area contributed by atoms with Crippen molar-refractivity contribution >= 4 is 5.95 Å². The van der Waals surface area contributed by atoms with Crippen molar-refractivity contribution in [3.8, 4) is 11.3 Å². The summed E-state index contributed by atoms with van der Waals surface area (Å²) in [4.78, 5) is 11.4. The van der Waals surface area contributed by atoms with Crippen LogP contribution in [0, 0.1) is 13.8 Å². The van der Waals surface area contributed by atoms with E-state index in [1.165, 1.54) is 0 Å². The van der Waals surface area contributed by atoms with E-state index in [1.807, 2.05) is 33.2 Å². The lowest BCUT2D eigenvalue weighted by atomic mass is 10.1. The molecule has 8 heteroatoms. The molecule has 0 bridgehead atoms. The van der Waals surface area contributed by atoms with E-state index < -0.39 is 0 Å². The lowest BCUT2D eigenvalue weighted by Crippen LogP contribution is -2.25. The summed E-state index contributed by atoms with van der Waals surface area (Å²) >= 11 is 0. The minimum absolute atomic E-state index is 0.112. The van der Waals surface area contributed by atoms with Gasteiger partial charge in [-0.05, 0) is 32.8 Å². The zero-order valence-corrected chi connectivity index (χ0v) is 14.0. The molecule has 1 atom stereocenters. The summed E-state index contributed by atoms with van der Waals surface area (Å²) in [6.45, 7) is 4.80. The molecular weight excluding hydrogens is 306 g/mol. The highest BCUT2D eigenvalue weighted by Gasteiger charge is 2.32. The van der Waals surface area contributed by atoms with E-state index in [-0.39, 0.29) is 6.04 Å². The predicted molar refractivity (Wildman–Crippen MR) is 87.3 cm³/mol. The monoisotopic (exact) mass is 325 g/mol. The second-order valence-electron chi connectivity index (χ2n) is 6.13. The maximum Gasteiger partial charge on any atom is 0.226 e. The molecule has 3 aromatic rings. The number of nitrogens with zero attached hydrogens (tertiary/aromatic N) is 7. The molecule has 0 aliphatic carbocycles. The Morgan fingerprint density at radius 2 is 2.08 bits per heavy atom. The lowest BCUT2D eigenvalue weighted by Gasteiger charge is -2.23. The molecule has 1 aliphatic rings. The van der Waals surface area contributed by atoms with Crippen LogP contribution in [0.3, 0.4) is 0 Å². The molecule has 0 radical (unpaired) electrons. The van der Waals surface area contributed by atoms with E-state index in [4.69, 9.17) is 9.61 Å². The number of rotatable bonds is 3. The molecule has 0 spiro atoms. The van der Waals surface area contributed by atoms with E-state index in [9.17, 15) is 0 Å². The molecule has 1 saturated heterocycles. The van der Waals surface area contributed by atoms with Crippen LogP contribution in [-0.4, -0.2) is 36.6 Å². The van der Waals surface area contributed by atoms with Gasteiger partial charge in [0.25, 0.3) is 0 Å². The SMILES string of the molecule is Cc1nn(C)cc1-c1ccnc(N2CCCC2c2nonc2C)n1. The maximum absolute atomic E-state index is 4.87. The van der Waals surface area contributed by atoms with E-state index >= 15 is 0 Å². The number of hydrogen-bond donors (Lipinski definition) is 0. The predicted octanol–water partition coefficient (Wildman–Crippen LogP) is 2.22. The molecule has 0 aromatic carbocycles. The molecule has 124 valence electrons. The van der Waals surface area contributed by atoms with Gasteiger partial charge in [0.1, 0.15) is 11.4 Å². The first kappa shape index (κ1) is 14.8. The van der Waals surface area contributed by atoms with Crippen molar-refractivity contribution in [2.24, 2.45) is 7.05 Å².